The number of fused-ring (bicyclic) bond motifs is 1. The van der Waals surface area contributed by atoms with Gasteiger partial charge in [-0.3, -0.25) is 0 Å². The summed E-state index contributed by atoms with van der Waals surface area (Å²) in [7, 11) is 5.20. The van der Waals surface area contributed by atoms with Gasteiger partial charge in [-0.05, 0) is 41.8 Å². The lowest BCUT2D eigenvalue weighted by Gasteiger charge is -2.10. The highest BCUT2D eigenvalue weighted by Gasteiger charge is 2.09. The van der Waals surface area contributed by atoms with Gasteiger partial charge in [0.15, 0.2) is 0 Å². The number of hydrogen-bond donors (Lipinski definition) is 1. The standard InChI is InChI=1S/C18H18N2O2/c1-19-14-6-4-5-12(9-14)17-11-13-10-15(21-2)7-8-16(13)18(20-17)22-3/h4-11,19H,1-3H3. The van der Waals surface area contributed by atoms with Crippen molar-refractivity contribution in [2.75, 3.05) is 26.6 Å². The number of benzene rings is 2. The second-order valence-corrected chi connectivity index (χ2v) is 4.93. The van der Waals surface area contributed by atoms with Crippen LogP contribution < -0.4 is 14.8 Å². The molecule has 1 aromatic heterocycles. The van der Waals surface area contributed by atoms with E-state index in [-0.39, 0.29) is 0 Å². The van der Waals surface area contributed by atoms with Crippen molar-refractivity contribution in [3.8, 4) is 22.9 Å². The molecule has 1 heterocycles. The number of aromatic nitrogens is 1. The number of nitrogens with zero attached hydrogens (tertiary/aromatic N) is 1. The average molecular weight is 294 g/mol. The Morgan fingerprint density at radius 1 is 0.955 bits per heavy atom. The SMILES string of the molecule is CNc1cccc(-c2cc3cc(OC)ccc3c(OC)n2)c1. The fraction of sp³-hybridized carbons (Fsp3) is 0.167. The van der Waals surface area contributed by atoms with Crippen molar-refractivity contribution >= 4 is 16.5 Å². The quantitative estimate of drug-likeness (QED) is 0.791. The summed E-state index contributed by atoms with van der Waals surface area (Å²) in [6.07, 6.45) is 0. The van der Waals surface area contributed by atoms with E-state index in [0.717, 1.165) is 33.5 Å². The van der Waals surface area contributed by atoms with Crippen LogP contribution in [0.25, 0.3) is 22.0 Å². The molecule has 0 radical (unpaired) electrons. The summed E-state index contributed by atoms with van der Waals surface area (Å²) in [5.74, 6) is 1.43. The first-order chi connectivity index (χ1) is 10.7. The van der Waals surface area contributed by atoms with Gasteiger partial charge in [0.05, 0.1) is 19.9 Å². The molecule has 0 fully saturated rings. The Labute approximate surface area is 129 Å². The Morgan fingerprint density at radius 3 is 2.55 bits per heavy atom. The van der Waals surface area contributed by atoms with Crippen molar-refractivity contribution in [1.82, 2.24) is 4.98 Å². The van der Waals surface area contributed by atoms with Gasteiger partial charge in [0.25, 0.3) is 0 Å². The third-order valence-electron chi connectivity index (χ3n) is 3.64. The predicted octanol–water partition coefficient (Wildman–Crippen LogP) is 3.96. The summed E-state index contributed by atoms with van der Waals surface area (Å²) < 4.78 is 10.8. The minimum atomic E-state index is 0.616. The Balaban J connectivity index is 2.20. The molecule has 0 unspecified atom stereocenters. The van der Waals surface area contributed by atoms with Crippen molar-refractivity contribution in [1.29, 1.82) is 0 Å². The summed E-state index contributed by atoms with van der Waals surface area (Å²) in [6.45, 7) is 0. The van der Waals surface area contributed by atoms with Crippen LogP contribution in [0.2, 0.25) is 0 Å². The maximum atomic E-state index is 5.45. The smallest absolute Gasteiger partial charge is 0.221 e. The molecule has 0 aliphatic rings. The third kappa shape index (κ3) is 2.55. The van der Waals surface area contributed by atoms with Crippen molar-refractivity contribution < 1.29 is 9.47 Å². The fourth-order valence-corrected chi connectivity index (χ4v) is 2.47. The molecule has 0 aliphatic heterocycles. The number of nitrogens with one attached hydrogen (secondary N) is 1. The van der Waals surface area contributed by atoms with Gasteiger partial charge < -0.3 is 14.8 Å². The maximum Gasteiger partial charge on any atom is 0.221 e. The second kappa shape index (κ2) is 5.93. The largest absolute Gasteiger partial charge is 0.497 e. The van der Waals surface area contributed by atoms with Gasteiger partial charge in [0, 0.05) is 23.7 Å². The molecule has 3 rings (SSSR count). The lowest BCUT2D eigenvalue weighted by molar-refractivity contribution is 0.403. The van der Waals surface area contributed by atoms with E-state index in [2.05, 4.69) is 22.4 Å². The monoisotopic (exact) mass is 294 g/mol. The van der Waals surface area contributed by atoms with Crippen LogP contribution in [-0.4, -0.2) is 26.3 Å². The molecule has 4 nitrogen and oxygen atoms in total. The van der Waals surface area contributed by atoms with Gasteiger partial charge in [-0.1, -0.05) is 12.1 Å². The molecule has 4 heteroatoms. The van der Waals surface area contributed by atoms with Crippen LogP contribution in [0.4, 0.5) is 5.69 Å². The van der Waals surface area contributed by atoms with E-state index in [1.54, 1.807) is 14.2 Å². The van der Waals surface area contributed by atoms with Gasteiger partial charge in [0.2, 0.25) is 5.88 Å². The molecule has 0 atom stereocenters. The van der Waals surface area contributed by atoms with Crippen molar-refractivity contribution in [2.45, 2.75) is 0 Å². The molecule has 2 aromatic carbocycles. The van der Waals surface area contributed by atoms with Gasteiger partial charge >= 0.3 is 0 Å². The van der Waals surface area contributed by atoms with E-state index >= 15 is 0 Å². The summed E-state index contributed by atoms with van der Waals surface area (Å²) in [5, 5.41) is 5.15. The Morgan fingerprint density at radius 2 is 1.82 bits per heavy atom. The molecule has 1 N–H and O–H groups in total. The highest BCUT2D eigenvalue weighted by Crippen LogP contribution is 2.32. The molecule has 0 amide bonds. The molecule has 0 spiro atoms. The molecular formula is C18H18N2O2. The third-order valence-corrected chi connectivity index (χ3v) is 3.64. The molecule has 112 valence electrons. The lowest BCUT2D eigenvalue weighted by atomic mass is 10.1. The zero-order chi connectivity index (χ0) is 15.5. The number of ether oxygens (including phenoxy) is 2. The van der Waals surface area contributed by atoms with Crippen LogP contribution in [0.15, 0.2) is 48.5 Å². The van der Waals surface area contributed by atoms with Crippen LogP contribution >= 0.6 is 0 Å². The molecule has 0 saturated heterocycles. The summed E-state index contributed by atoms with van der Waals surface area (Å²) >= 11 is 0. The minimum absolute atomic E-state index is 0.616. The highest BCUT2D eigenvalue weighted by atomic mass is 16.5. The van der Waals surface area contributed by atoms with E-state index in [9.17, 15) is 0 Å². The zero-order valence-corrected chi connectivity index (χ0v) is 12.9. The molecule has 0 saturated carbocycles. The fourth-order valence-electron chi connectivity index (χ4n) is 2.47. The minimum Gasteiger partial charge on any atom is -0.497 e. The first-order valence-electron chi connectivity index (χ1n) is 7.06. The van der Waals surface area contributed by atoms with Crippen LogP contribution in [-0.2, 0) is 0 Å². The van der Waals surface area contributed by atoms with Gasteiger partial charge in [-0.15, -0.1) is 0 Å². The van der Waals surface area contributed by atoms with Crippen molar-refractivity contribution in [3.05, 3.63) is 48.5 Å². The number of pyridine rings is 1. The van der Waals surface area contributed by atoms with Crippen LogP contribution in [0, 0.1) is 0 Å². The maximum absolute atomic E-state index is 5.45. The van der Waals surface area contributed by atoms with E-state index in [0.29, 0.717) is 5.88 Å². The van der Waals surface area contributed by atoms with Crippen molar-refractivity contribution in [2.24, 2.45) is 0 Å². The van der Waals surface area contributed by atoms with E-state index in [1.807, 2.05) is 43.4 Å². The summed E-state index contributed by atoms with van der Waals surface area (Å²) in [5.41, 5.74) is 2.95. The summed E-state index contributed by atoms with van der Waals surface area (Å²) in [4.78, 5) is 4.63. The van der Waals surface area contributed by atoms with Gasteiger partial charge in [0.1, 0.15) is 5.75 Å². The molecule has 0 aliphatic carbocycles. The van der Waals surface area contributed by atoms with Crippen molar-refractivity contribution in [3.63, 3.8) is 0 Å². The van der Waals surface area contributed by atoms with E-state index in [4.69, 9.17) is 9.47 Å². The Hall–Kier alpha value is -2.75. The summed E-state index contributed by atoms with van der Waals surface area (Å²) in [6, 6.07) is 16.0. The molecule has 22 heavy (non-hydrogen) atoms. The number of rotatable bonds is 4. The average Bonchev–Trinajstić information content (AvgIpc) is 2.60. The molecular weight excluding hydrogens is 276 g/mol. The van der Waals surface area contributed by atoms with E-state index in [1.165, 1.54) is 0 Å². The Bertz CT molecular complexity index is 815. The predicted molar refractivity (Wildman–Crippen MR) is 89.8 cm³/mol. The van der Waals surface area contributed by atoms with Crippen LogP contribution in [0.5, 0.6) is 11.6 Å². The normalized spacial score (nSPS) is 10.5. The van der Waals surface area contributed by atoms with Gasteiger partial charge in [-0.2, -0.15) is 0 Å². The molecule has 0 bridgehead atoms. The van der Waals surface area contributed by atoms with Crippen LogP contribution in [0.3, 0.4) is 0 Å². The number of hydrogen-bond acceptors (Lipinski definition) is 4. The van der Waals surface area contributed by atoms with Crippen LogP contribution in [0.1, 0.15) is 0 Å². The van der Waals surface area contributed by atoms with E-state index < -0.39 is 0 Å². The topological polar surface area (TPSA) is 43.4 Å². The number of methoxy groups -OCH3 is 2. The van der Waals surface area contributed by atoms with Gasteiger partial charge in [-0.25, -0.2) is 4.98 Å². The second-order valence-electron chi connectivity index (χ2n) is 4.93. The molecule has 3 aromatic rings. The first kappa shape index (κ1) is 14.2. The zero-order valence-electron chi connectivity index (χ0n) is 12.9. The number of anilines is 1. The lowest BCUT2D eigenvalue weighted by Crippen LogP contribution is -1.94. The first-order valence-corrected chi connectivity index (χ1v) is 7.06. The highest BCUT2D eigenvalue weighted by molar-refractivity contribution is 5.91. The Kier molecular flexibility index (Phi) is 3.83.